The fourth-order valence-corrected chi connectivity index (χ4v) is 3.46. The first kappa shape index (κ1) is 15.9. The van der Waals surface area contributed by atoms with Gasteiger partial charge in [-0.1, -0.05) is 37.6 Å². The van der Waals surface area contributed by atoms with Crippen molar-refractivity contribution in [2.75, 3.05) is 0 Å². The summed E-state index contributed by atoms with van der Waals surface area (Å²) in [6.07, 6.45) is 5.37. The van der Waals surface area contributed by atoms with E-state index in [1.807, 2.05) is 0 Å². The second-order valence-electron chi connectivity index (χ2n) is 6.51. The molecule has 1 aliphatic rings. The predicted octanol–water partition coefficient (Wildman–Crippen LogP) is 5.28. The summed E-state index contributed by atoms with van der Waals surface area (Å²) < 4.78 is 0. The van der Waals surface area contributed by atoms with E-state index in [1.54, 1.807) is 0 Å². The summed E-state index contributed by atoms with van der Waals surface area (Å²) in [5.41, 5.74) is 9.96. The zero-order valence-electron chi connectivity index (χ0n) is 14.7. The second kappa shape index (κ2) is 6.66. The van der Waals surface area contributed by atoms with Crippen LogP contribution in [0, 0.1) is 13.8 Å². The molecule has 0 saturated carbocycles. The molecule has 0 spiro atoms. The molecule has 2 heteroatoms. The van der Waals surface area contributed by atoms with Crippen molar-refractivity contribution in [3.8, 4) is 0 Å². The Bertz CT molecular complexity index is 731. The Morgan fingerprint density at radius 3 is 2.35 bits per heavy atom. The second-order valence-corrected chi connectivity index (χ2v) is 6.51. The summed E-state index contributed by atoms with van der Waals surface area (Å²) in [6.45, 7) is 8.67. The Morgan fingerprint density at radius 2 is 1.70 bits per heavy atom. The molecule has 0 unspecified atom stereocenters. The van der Waals surface area contributed by atoms with Crippen molar-refractivity contribution in [3.05, 3.63) is 57.9 Å². The lowest BCUT2D eigenvalue weighted by Gasteiger charge is -2.19. The van der Waals surface area contributed by atoms with Crippen LogP contribution in [-0.2, 0) is 19.3 Å². The molecule has 0 amide bonds. The van der Waals surface area contributed by atoms with Gasteiger partial charge in [-0.05, 0) is 68.7 Å². The number of hydrogen-bond donors (Lipinski definition) is 0. The number of nitrogens with zero attached hydrogens (tertiary/aromatic N) is 2. The van der Waals surface area contributed by atoms with Crippen LogP contribution in [0.3, 0.4) is 0 Å². The summed E-state index contributed by atoms with van der Waals surface area (Å²) >= 11 is 0. The predicted molar refractivity (Wildman–Crippen MR) is 98.0 cm³/mol. The maximum atomic E-state index is 5.14. The fourth-order valence-electron chi connectivity index (χ4n) is 3.46. The number of rotatable bonds is 3. The van der Waals surface area contributed by atoms with Crippen molar-refractivity contribution in [1.82, 2.24) is 4.98 Å². The summed E-state index contributed by atoms with van der Waals surface area (Å²) in [5.74, 6) is 0. The average molecular weight is 306 g/mol. The Labute approximate surface area is 139 Å². The molecule has 1 aromatic heterocycles. The summed E-state index contributed by atoms with van der Waals surface area (Å²) in [4.78, 5) is 9.93. The largest absolute Gasteiger partial charge is 0.252 e. The highest BCUT2D eigenvalue weighted by atomic mass is 14.8. The van der Waals surface area contributed by atoms with Crippen LogP contribution in [0.25, 0.3) is 0 Å². The first-order chi connectivity index (χ1) is 11.1. The van der Waals surface area contributed by atoms with E-state index >= 15 is 0 Å². The van der Waals surface area contributed by atoms with Crippen molar-refractivity contribution >= 4 is 11.4 Å². The normalized spacial score (nSPS) is 15.7. The minimum absolute atomic E-state index is 1.02. The van der Waals surface area contributed by atoms with E-state index in [4.69, 9.17) is 9.98 Å². The highest BCUT2D eigenvalue weighted by molar-refractivity contribution is 6.02. The Hall–Kier alpha value is -1.96. The number of aryl methyl sites for hydroxylation is 5. The van der Waals surface area contributed by atoms with Gasteiger partial charge in [0.15, 0.2) is 0 Å². The van der Waals surface area contributed by atoms with Gasteiger partial charge in [0.1, 0.15) is 0 Å². The third kappa shape index (κ3) is 3.21. The smallest absolute Gasteiger partial charge is 0.0879 e. The van der Waals surface area contributed by atoms with E-state index in [0.29, 0.717) is 0 Å². The SMILES string of the molecule is CCc1cc(C)cc(CC)c1N=C1CCCc2ccc(C)nc21. The maximum Gasteiger partial charge on any atom is 0.0879 e. The van der Waals surface area contributed by atoms with E-state index in [0.717, 1.165) is 37.1 Å². The van der Waals surface area contributed by atoms with Gasteiger partial charge >= 0.3 is 0 Å². The first-order valence-corrected chi connectivity index (χ1v) is 8.79. The number of benzene rings is 1. The van der Waals surface area contributed by atoms with Gasteiger partial charge in [0.2, 0.25) is 0 Å². The molecule has 2 nitrogen and oxygen atoms in total. The molecule has 120 valence electrons. The summed E-state index contributed by atoms with van der Waals surface area (Å²) in [6, 6.07) is 8.91. The molecule has 3 rings (SSSR count). The molecule has 0 N–H and O–H groups in total. The van der Waals surface area contributed by atoms with Gasteiger partial charge in [-0.15, -0.1) is 0 Å². The van der Waals surface area contributed by atoms with E-state index in [2.05, 4.69) is 52.0 Å². The molecule has 0 saturated heterocycles. The molecule has 1 aliphatic carbocycles. The van der Waals surface area contributed by atoms with Gasteiger partial charge in [-0.3, -0.25) is 9.98 Å². The van der Waals surface area contributed by atoms with Crippen LogP contribution in [0.1, 0.15) is 60.3 Å². The van der Waals surface area contributed by atoms with Crippen LogP contribution in [0.5, 0.6) is 0 Å². The maximum absolute atomic E-state index is 5.14. The van der Waals surface area contributed by atoms with E-state index in [-0.39, 0.29) is 0 Å². The Balaban J connectivity index is 2.15. The molecule has 0 bridgehead atoms. The van der Waals surface area contributed by atoms with Gasteiger partial charge < -0.3 is 0 Å². The monoisotopic (exact) mass is 306 g/mol. The Morgan fingerprint density at radius 1 is 1.00 bits per heavy atom. The van der Waals surface area contributed by atoms with Crippen LogP contribution in [0.2, 0.25) is 0 Å². The lowest BCUT2D eigenvalue weighted by atomic mass is 9.93. The van der Waals surface area contributed by atoms with E-state index in [9.17, 15) is 0 Å². The zero-order valence-corrected chi connectivity index (χ0v) is 14.7. The van der Waals surface area contributed by atoms with Crippen LogP contribution >= 0.6 is 0 Å². The molecule has 23 heavy (non-hydrogen) atoms. The molecule has 1 aromatic carbocycles. The average Bonchev–Trinajstić information content (AvgIpc) is 2.56. The summed E-state index contributed by atoms with van der Waals surface area (Å²) in [5, 5.41) is 0. The van der Waals surface area contributed by atoms with Gasteiger partial charge in [0, 0.05) is 5.69 Å². The first-order valence-electron chi connectivity index (χ1n) is 8.79. The number of aromatic nitrogens is 1. The highest BCUT2D eigenvalue weighted by Gasteiger charge is 2.18. The lowest BCUT2D eigenvalue weighted by molar-refractivity contribution is 0.823. The molecular formula is C21H26N2. The van der Waals surface area contributed by atoms with E-state index in [1.165, 1.54) is 40.1 Å². The van der Waals surface area contributed by atoms with Crippen LogP contribution in [0.4, 0.5) is 5.69 Å². The van der Waals surface area contributed by atoms with Crippen molar-refractivity contribution < 1.29 is 0 Å². The van der Waals surface area contributed by atoms with Crippen LogP contribution in [0.15, 0.2) is 29.3 Å². The fraction of sp³-hybridized carbons (Fsp3) is 0.429. The zero-order chi connectivity index (χ0) is 16.4. The van der Waals surface area contributed by atoms with Crippen molar-refractivity contribution in [1.29, 1.82) is 0 Å². The molecule has 0 aliphatic heterocycles. The van der Waals surface area contributed by atoms with Gasteiger partial charge in [0.05, 0.1) is 17.1 Å². The van der Waals surface area contributed by atoms with E-state index < -0.39 is 0 Å². The van der Waals surface area contributed by atoms with Crippen molar-refractivity contribution in [3.63, 3.8) is 0 Å². The topological polar surface area (TPSA) is 25.2 Å². The van der Waals surface area contributed by atoms with Crippen LogP contribution in [-0.4, -0.2) is 10.7 Å². The standard InChI is InChI=1S/C21H26N2/c1-5-16-12-14(3)13-17(6-2)20(16)23-19-9-7-8-18-11-10-15(4)22-21(18)19/h10-13H,5-9H2,1-4H3. The lowest BCUT2D eigenvalue weighted by Crippen LogP contribution is -2.15. The molecular weight excluding hydrogens is 280 g/mol. The van der Waals surface area contributed by atoms with Gasteiger partial charge in [0.25, 0.3) is 0 Å². The molecule has 0 fully saturated rings. The number of fused-ring (bicyclic) bond motifs is 1. The molecule has 1 heterocycles. The quantitative estimate of drug-likeness (QED) is 0.757. The molecule has 0 atom stereocenters. The third-order valence-electron chi connectivity index (χ3n) is 4.67. The number of hydrogen-bond acceptors (Lipinski definition) is 2. The Kier molecular flexibility index (Phi) is 4.61. The molecule has 0 radical (unpaired) electrons. The van der Waals surface area contributed by atoms with Gasteiger partial charge in [-0.25, -0.2) is 0 Å². The van der Waals surface area contributed by atoms with Crippen molar-refractivity contribution in [2.45, 2.75) is 59.8 Å². The van der Waals surface area contributed by atoms with Crippen molar-refractivity contribution in [2.24, 2.45) is 4.99 Å². The molecule has 2 aromatic rings. The number of pyridine rings is 1. The van der Waals surface area contributed by atoms with Gasteiger partial charge in [-0.2, -0.15) is 0 Å². The minimum atomic E-state index is 1.02. The summed E-state index contributed by atoms with van der Waals surface area (Å²) in [7, 11) is 0. The number of aliphatic imine (C=N–C) groups is 1. The van der Waals surface area contributed by atoms with Crippen LogP contribution < -0.4 is 0 Å². The minimum Gasteiger partial charge on any atom is -0.252 e. The highest BCUT2D eigenvalue weighted by Crippen LogP contribution is 2.30. The third-order valence-corrected chi connectivity index (χ3v) is 4.67.